The van der Waals surface area contributed by atoms with Crippen molar-refractivity contribution in [1.29, 1.82) is 0 Å². The zero-order valence-electron chi connectivity index (χ0n) is 14.7. The molecule has 0 aliphatic heterocycles. The van der Waals surface area contributed by atoms with E-state index in [2.05, 4.69) is 0 Å². The Morgan fingerprint density at radius 2 is 1.85 bits per heavy atom. The Labute approximate surface area is 156 Å². The number of hydrogen-bond acceptors (Lipinski definition) is 4. The molecule has 1 N–H and O–H groups in total. The van der Waals surface area contributed by atoms with Gasteiger partial charge < -0.3 is 19.5 Å². The summed E-state index contributed by atoms with van der Waals surface area (Å²) in [6, 6.07) is 11.9. The molecule has 1 unspecified atom stereocenters. The zero-order valence-corrected chi connectivity index (χ0v) is 15.5. The van der Waals surface area contributed by atoms with E-state index in [9.17, 15) is 9.59 Å². The summed E-state index contributed by atoms with van der Waals surface area (Å²) in [5.41, 5.74) is 1.61. The maximum atomic E-state index is 12.6. The number of aliphatic carboxylic acids is 1. The topological polar surface area (TPSA) is 76.1 Å². The molecule has 0 aliphatic rings. The summed E-state index contributed by atoms with van der Waals surface area (Å²) in [5, 5.41) is 9.05. The number of carboxylic acid groups (broad SMARTS) is 1. The number of aryl methyl sites for hydroxylation is 1. The number of likely N-dealkylation sites (N-methyl/N-ethyl adjacent to an activating group) is 1. The number of anilines is 1. The van der Waals surface area contributed by atoms with Gasteiger partial charge in [-0.1, -0.05) is 17.7 Å². The maximum Gasteiger partial charge on any atom is 0.341 e. The van der Waals surface area contributed by atoms with E-state index in [1.807, 2.05) is 13.0 Å². The first-order valence-electron chi connectivity index (χ1n) is 7.93. The number of carboxylic acids is 1. The molecule has 0 spiro atoms. The molecule has 2 aromatic rings. The van der Waals surface area contributed by atoms with Crippen molar-refractivity contribution in [2.24, 2.45) is 0 Å². The predicted octanol–water partition coefficient (Wildman–Crippen LogP) is 3.54. The lowest BCUT2D eigenvalue weighted by Gasteiger charge is -2.23. The minimum absolute atomic E-state index is 0.248. The van der Waals surface area contributed by atoms with Crippen molar-refractivity contribution in [3.8, 4) is 11.5 Å². The van der Waals surface area contributed by atoms with E-state index in [1.54, 1.807) is 50.4 Å². The fraction of sp³-hybridized carbons (Fsp3) is 0.263. The average molecular weight is 378 g/mol. The Morgan fingerprint density at radius 1 is 1.19 bits per heavy atom. The summed E-state index contributed by atoms with van der Waals surface area (Å²) >= 11 is 6.11. The van der Waals surface area contributed by atoms with Crippen LogP contribution in [0, 0.1) is 6.92 Å². The van der Waals surface area contributed by atoms with Gasteiger partial charge in [0.05, 0.1) is 5.02 Å². The second-order valence-corrected chi connectivity index (χ2v) is 6.17. The lowest BCUT2D eigenvalue weighted by atomic mass is 10.2. The average Bonchev–Trinajstić information content (AvgIpc) is 2.62. The molecule has 0 radical (unpaired) electrons. The summed E-state index contributed by atoms with van der Waals surface area (Å²) in [4.78, 5) is 24.6. The Hall–Kier alpha value is -2.73. The molecule has 6 nitrogen and oxygen atoms in total. The highest BCUT2D eigenvalue weighted by molar-refractivity contribution is 6.32. The van der Waals surface area contributed by atoms with Crippen molar-refractivity contribution < 1.29 is 24.2 Å². The monoisotopic (exact) mass is 377 g/mol. The number of carbonyl (C=O) groups excluding carboxylic acids is 1. The van der Waals surface area contributed by atoms with Gasteiger partial charge in [0.25, 0.3) is 5.91 Å². The first-order chi connectivity index (χ1) is 12.3. The number of halogens is 1. The molecule has 26 heavy (non-hydrogen) atoms. The first-order valence-corrected chi connectivity index (χ1v) is 8.30. The minimum atomic E-state index is -1.05. The van der Waals surface area contributed by atoms with Crippen molar-refractivity contribution >= 4 is 29.2 Å². The Kier molecular flexibility index (Phi) is 6.46. The number of benzene rings is 2. The fourth-order valence-electron chi connectivity index (χ4n) is 2.25. The van der Waals surface area contributed by atoms with Gasteiger partial charge in [-0.2, -0.15) is 0 Å². The third-order valence-corrected chi connectivity index (χ3v) is 3.97. The molecule has 0 saturated carbocycles. The van der Waals surface area contributed by atoms with Crippen LogP contribution in [0.4, 0.5) is 5.69 Å². The SMILES string of the molecule is Cc1ccc(Cl)c(OC(C)C(=O)N(C)c2ccc(OCC(=O)O)cc2)c1. The third-order valence-electron chi connectivity index (χ3n) is 3.66. The van der Waals surface area contributed by atoms with Gasteiger partial charge in [-0.15, -0.1) is 0 Å². The number of carbonyl (C=O) groups is 2. The summed E-state index contributed by atoms with van der Waals surface area (Å²) in [6.45, 7) is 3.15. The van der Waals surface area contributed by atoms with E-state index >= 15 is 0 Å². The molecular weight excluding hydrogens is 358 g/mol. The molecule has 0 heterocycles. The van der Waals surface area contributed by atoms with Crippen LogP contribution in [0.2, 0.25) is 5.02 Å². The van der Waals surface area contributed by atoms with E-state index in [0.29, 0.717) is 22.2 Å². The largest absolute Gasteiger partial charge is 0.482 e. The van der Waals surface area contributed by atoms with E-state index in [4.69, 9.17) is 26.2 Å². The van der Waals surface area contributed by atoms with Crippen LogP contribution in [-0.4, -0.2) is 36.7 Å². The van der Waals surface area contributed by atoms with Gasteiger partial charge >= 0.3 is 5.97 Å². The van der Waals surface area contributed by atoms with Crippen LogP contribution in [-0.2, 0) is 9.59 Å². The molecule has 2 rings (SSSR count). The highest BCUT2D eigenvalue weighted by Gasteiger charge is 2.21. The van der Waals surface area contributed by atoms with Gasteiger partial charge in [0.1, 0.15) is 11.5 Å². The molecule has 1 atom stereocenters. The van der Waals surface area contributed by atoms with E-state index < -0.39 is 18.7 Å². The minimum Gasteiger partial charge on any atom is -0.482 e. The number of ether oxygens (including phenoxy) is 2. The second kappa shape index (κ2) is 8.58. The molecular formula is C19H20ClNO5. The highest BCUT2D eigenvalue weighted by atomic mass is 35.5. The number of nitrogens with zero attached hydrogens (tertiary/aromatic N) is 1. The summed E-state index contributed by atoms with van der Waals surface area (Å²) in [5.74, 6) is -0.435. The van der Waals surface area contributed by atoms with Crippen molar-refractivity contribution in [1.82, 2.24) is 0 Å². The van der Waals surface area contributed by atoms with Gasteiger partial charge in [-0.25, -0.2) is 4.79 Å². The smallest absolute Gasteiger partial charge is 0.341 e. The zero-order chi connectivity index (χ0) is 19.3. The van der Waals surface area contributed by atoms with Gasteiger partial charge in [0.15, 0.2) is 12.7 Å². The number of amides is 1. The van der Waals surface area contributed by atoms with Crippen molar-refractivity contribution in [3.63, 3.8) is 0 Å². The molecule has 0 aliphatic carbocycles. The summed E-state index contributed by atoms with van der Waals surface area (Å²) in [7, 11) is 1.63. The molecule has 0 saturated heterocycles. The van der Waals surface area contributed by atoms with E-state index in [1.165, 1.54) is 4.90 Å². The van der Waals surface area contributed by atoms with Crippen LogP contribution in [0.15, 0.2) is 42.5 Å². The van der Waals surface area contributed by atoms with Gasteiger partial charge in [0.2, 0.25) is 0 Å². The van der Waals surface area contributed by atoms with Crippen LogP contribution in [0.5, 0.6) is 11.5 Å². The lowest BCUT2D eigenvalue weighted by Crippen LogP contribution is -2.38. The molecule has 7 heteroatoms. The predicted molar refractivity (Wildman–Crippen MR) is 99.3 cm³/mol. The Balaban J connectivity index is 2.03. The van der Waals surface area contributed by atoms with Crippen molar-refractivity contribution in [3.05, 3.63) is 53.1 Å². The van der Waals surface area contributed by atoms with Crippen LogP contribution in [0.25, 0.3) is 0 Å². The van der Waals surface area contributed by atoms with E-state index in [0.717, 1.165) is 5.56 Å². The fourth-order valence-corrected chi connectivity index (χ4v) is 2.41. The molecule has 0 bridgehead atoms. The lowest BCUT2D eigenvalue weighted by molar-refractivity contribution is -0.139. The molecule has 138 valence electrons. The highest BCUT2D eigenvalue weighted by Crippen LogP contribution is 2.27. The van der Waals surface area contributed by atoms with Gasteiger partial charge in [-0.05, 0) is 55.8 Å². The second-order valence-electron chi connectivity index (χ2n) is 5.77. The van der Waals surface area contributed by atoms with Gasteiger partial charge in [0, 0.05) is 12.7 Å². The standard InChI is InChI=1S/C19H20ClNO5/c1-12-4-9-16(20)17(10-12)26-13(2)19(24)21(3)14-5-7-15(8-6-14)25-11-18(22)23/h4-10,13H,11H2,1-3H3,(H,22,23). The molecule has 1 amide bonds. The van der Waals surface area contributed by atoms with Crippen molar-refractivity contribution in [2.75, 3.05) is 18.6 Å². The number of rotatable bonds is 7. The Morgan fingerprint density at radius 3 is 2.46 bits per heavy atom. The summed E-state index contributed by atoms with van der Waals surface area (Å²) < 4.78 is 10.8. The molecule has 0 fully saturated rings. The maximum absolute atomic E-state index is 12.6. The molecule has 2 aromatic carbocycles. The van der Waals surface area contributed by atoms with Crippen LogP contribution >= 0.6 is 11.6 Å². The van der Waals surface area contributed by atoms with Crippen LogP contribution < -0.4 is 14.4 Å². The third kappa shape index (κ3) is 5.13. The molecule has 0 aromatic heterocycles. The van der Waals surface area contributed by atoms with Crippen molar-refractivity contribution in [2.45, 2.75) is 20.0 Å². The van der Waals surface area contributed by atoms with Crippen LogP contribution in [0.3, 0.4) is 0 Å². The van der Waals surface area contributed by atoms with Crippen LogP contribution in [0.1, 0.15) is 12.5 Å². The quantitative estimate of drug-likeness (QED) is 0.798. The van der Waals surface area contributed by atoms with E-state index in [-0.39, 0.29) is 5.91 Å². The Bertz CT molecular complexity index is 791. The normalized spacial score (nSPS) is 11.5. The summed E-state index contributed by atoms with van der Waals surface area (Å²) in [6.07, 6.45) is -0.734. The first kappa shape index (κ1) is 19.6. The van der Waals surface area contributed by atoms with Gasteiger partial charge in [-0.3, -0.25) is 4.79 Å². The number of hydrogen-bond donors (Lipinski definition) is 1.